The fraction of sp³-hybridized carbons (Fsp3) is 0.286. The topological polar surface area (TPSA) is 36.4 Å². The summed E-state index contributed by atoms with van der Waals surface area (Å²) in [7, 11) is 0. The number of benzene rings is 2. The molecule has 0 N–H and O–H groups in total. The Morgan fingerprint density at radius 2 is 1.77 bits per heavy atom. The molecule has 1 aromatic heterocycles. The van der Waals surface area contributed by atoms with Crippen LogP contribution in [0.25, 0.3) is 6.08 Å². The highest BCUT2D eigenvalue weighted by Crippen LogP contribution is 2.48. The van der Waals surface area contributed by atoms with E-state index in [2.05, 4.69) is 28.1 Å². The summed E-state index contributed by atoms with van der Waals surface area (Å²) in [6, 6.07) is 17.1. The standard InChI is InChI=1S/C28H26Cl3N3O/c29-22-6-4-20(5-7-22)3-1-14-33-15-2-11-28(12-16-33)19-34(25-9-8-23(30)18-24(25)28)27(35)21-10-13-32-26(31)17-21/h1,3-10,13,17-18H,2,11-12,14-16,19H2. The summed E-state index contributed by atoms with van der Waals surface area (Å²) in [4.78, 5) is 21.9. The van der Waals surface area contributed by atoms with Crippen molar-refractivity contribution in [1.82, 2.24) is 9.88 Å². The Kier molecular flexibility index (Phi) is 7.17. The van der Waals surface area contributed by atoms with Crippen LogP contribution in [0.3, 0.4) is 0 Å². The number of anilines is 1. The quantitative estimate of drug-likeness (QED) is 0.339. The van der Waals surface area contributed by atoms with E-state index in [1.807, 2.05) is 41.3 Å². The van der Waals surface area contributed by atoms with Crippen molar-refractivity contribution in [3.63, 3.8) is 0 Å². The summed E-state index contributed by atoms with van der Waals surface area (Å²) in [5.41, 5.74) is 3.71. The molecule has 1 saturated heterocycles. The number of carbonyl (C=O) groups is 1. The van der Waals surface area contributed by atoms with Crippen molar-refractivity contribution in [3.05, 3.63) is 98.8 Å². The minimum absolute atomic E-state index is 0.0539. The van der Waals surface area contributed by atoms with Gasteiger partial charge in [0, 0.05) is 46.0 Å². The second-order valence-electron chi connectivity index (χ2n) is 9.31. The monoisotopic (exact) mass is 525 g/mol. The molecular formula is C28H26Cl3N3O. The molecule has 35 heavy (non-hydrogen) atoms. The van der Waals surface area contributed by atoms with Gasteiger partial charge in [-0.2, -0.15) is 0 Å². The van der Waals surface area contributed by atoms with Gasteiger partial charge in [0.15, 0.2) is 0 Å². The fourth-order valence-corrected chi connectivity index (χ4v) is 5.76. The van der Waals surface area contributed by atoms with Crippen LogP contribution in [0.2, 0.25) is 15.2 Å². The van der Waals surface area contributed by atoms with Gasteiger partial charge in [-0.15, -0.1) is 0 Å². The lowest BCUT2D eigenvalue weighted by Gasteiger charge is -2.29. The number of amides is 1. The molecule has 2 aliphatic rings. The van der Waals surface area contributed by atoms with Crippen LogP contribution < -0.4 is 4.90 Å². The van der Waals surface area contributed by atoms with E-state index in [4.69, 9.17) is 34.8 Å². The van der Waals surface area contributed by atoms with Crippen LogP contribution in [0, 0.1) is 0 Å². The maximum Gasteiger partial charge on any atom is 0.258 e. The molecule has 5 rings (SSSR count). The summed E-state index contributed by atoms with van der Waals surface area (Å²) in [6.45, 7) is 3.52. The average Bonchev–Trinajstić information content (AvgIpc) is 3.01. The minimum Gasteiger partial charge on any atom is -0.307 e. The number of halogens is 3. The zero-order valence-corrected chi connectivity index (χ0v) is 21.5. The molecule has 7 heteroatoms. The zero-order valence-electron chi connectivity index (χ0n) is 19.3. The van der Waals surface area contributed by atoms with E-state index in [-0.39, 0.29) is 11.3 Å². The normalized spacial score (nSPS) is 20.4. The van der Waals surface area contributed by atoms with Gasteiger partial charge in [0.1, 0.15) is 5.15 Å². The molecule has 3 heterocycles. The molecule has 2 aliphatic heterocycles. The Labute approximate surface area is 221 Å². The highest BCUT2D eigenvalue weighted by molar-refractivity contribution is 6.31. The molecule has 1 amide bonds. The molecular weight excluding hydrogens is 501 g/mol. The van der Waals surface area contributed by atoms with Gasteiger partial charge < -0.3 is 4.90 Å². The van der Waals surface area contributed by atoms with Gasteiger partial charge in [0.25, 0.3) is 5.91 Å². The van der Waals surface area contributed by atoms with Gasteiger partial charge in [0.05, 0.1) is 0 Å². The molecule has 1 atom stereocenters. The van der Waals surface area contributed by atoms with Crippen molar-refractivity contribution in [1.29, 1.82) is 0 Å². The van der Waals surface area contributed by atoms with E-state index in [1.165, 1.54) is 5.56 Å². The lowest BCUT2D eigenvalue weighted by Crippen LogP contribution is -2.38. The van der Waals surface area contributed by atoms with Crippen LogP contribution in [0.4, 0.5) is 5.69 Å². The van der Waals surface area contributed by atoms with Gasteiger partial charge in [-0.3, -0.25) is 9.69 Å². The van der Waals surface area contributed by atoms with Crippen LogP contribution in [-0.2, 0) is 5.41 Å². The maximum absolute atomic E-state index is 13.5. The first kappa shape index (κ1) is 24.3. The Balaban J connectivity index is 1.34. The van der Waals surface area contributed by atoms with Crippen LogP contribution in [0.1, 0.15) is 40.7 Å². The molecule has 0 radical (unpaired) electrons. The predicted molar refractivity (Wildman–Crippen MR) is 145 cm³/mol. The van der Waals surface area contributed by atoms with Crippen molar-refractivity contribution in [2.75, 3.05) is 31.1 Å². The minimum atomic E-state index is -0.110. The summed E-state index contributed by atoms with van der Waals surface area (Å²) < 4.78 is 0. The van der Waals surface area contributed by atoms with E-state index >= 15 is 0 Å². The molecule has 1 spiro atoms. The number of fused-ring (bicyclic) bond motifs is 2. The van der Waals surface area contributed by atoms with Crippen molar-refractivity contribution in [2.24, 2.45) is 0 Å². The second kappa shape index (κ2) is 10.3. The van der Waals surface area contributed by atoms with E-state index < -0.39 is 0 Å². The Bertz CT molecular complexity index is 1260. The largest absolute Gasteiger partial charge is 0.307 e. The number of hydrogen-bond acceptors (Lipinski definition) is 3. The molecule has 2 aromatic carbocycles. The van der Waals surface area contributed by atoms with E-state index in [1.54, 1.807) is 18.3 Å². The van der Waals surface area contributed by atoms with Gasteiger partial charge in [-0.05, 0) is 85.9 Å². The fourth-order valence-electron chi connectivity index (χ4n) is 5.29. The average molecular weight is 527 g/mol. The first-order valence-electron chi connectivity index (χ1n) is 11.8. The molecule has 1 unspecified atom stereocenters. The summed E-state index contributed by atoms with van der Waals surface area (Å²) in [5, 5.41) is 1.77. The van der Waals surface area contributed by atoms with Gasteiger partial charge in [0.2, 0.25) is 0 Å². The summed E-state index contributed by atoms with van der Waals surface area (Å²) >= 11 is 18.5. The third-order valence-electron chi connectivity index (χ3n) is 7.08. The first-order chi connectivity index (χ1) is 16.9. The first-order valence-corrected chi connectivity index (χ1v) is 12.9. The van der Waals surface area contributed by atoms with Crippen LogP contribution >= 0.6 is 34.8 Å². The molecule has 3 aromatic rings. The van der Waals surface area contributed by atoms with Gasteiger partial charge >= 0.3 is 0 Å². The number of nitrogens with zero attached hydrogens (tertiary/aromatic N) is 3. The molecule has 0 aliphatic carbocycles. The van der Waals surface area contributed by atoms with Crippen molar-refractivity contribution >= 4 is 52.5 Å². The molecule has 0 saturated carbocycles. The zero-order chi connectivity index (χ0) is 24.4. The molecule has 0 bridgehead atoms. The number of carbonyl (C=O) groups excluding carboxylic acids is 1. The molecule has 4 nitrogen and oxygen atoms in total. The Morgan fingerprint density at radius 1 is 0.971 bits per heavy atom. The molecule has 180 valence electrons. The van der Waals surface area contributed by atoms with E-state index in [0.29, 0.717) is 22.3 Å². The third kappa shape index (κ3) is 5.26. The van der Waals surface area contributed by atoms with Crippen molar-refractivity contribution < 1.29 is 4.79 Å². The molecule has 1 fully saturated rings. The number of aromatic nitrogens is 1. The highest BCUT2D eigenvalue weighted by Gasteiger charge is 2.45. The van der Waals surface area contributed by atoms with Crippen molar-refractivity contribution in [3.8, 4) is 0 Å². The van der Waals surface area contributed by atoms with Crippen LogP contribution in [0.5, 0.6) is 0 Å². The number of pyridine rings is 1. The smallest absolute Gasteiger partial charge is 0.258 e. The highest BCUT2D eigenvalue weighted by atomic mass is 35.5. The second-order valence-corrected chi connectivity index (χ2v) is 10.6. The van der Waals surface area contributed by atoms with Gasteiger partial charge in [-0.25, -0.2) is 4.98 Å². The Hall–Kier alpha value is -2.37. The third-order valence-corrected chi connectivity index (χ3v) is 7.77. The van der Waals surface area contributed by atoms with E-state index in [9.17, 15) is 4.79 Å². The number of rotatable bonds is 4. The number of hydrogen-bond donors (Lipinski definition) is 0. The predicted octanol–water partition coefficient (Wildman–Crippen LogP) is 7.14. The van der Waals surface area contributed by atoms with Crippen LogP contribution in [-0.4, -0.2) is 42.0 Å². The summed E-state index contributed by atoms with van der Waals surface area (Å²) in [5.74, 6) is -0.0539. The number of likely N-dealkylation sites (tertiary alicyclic amines) is 1. The van der Waals surface area contributed by atoms with Crippen LogP contribution in [0.15, 0.2) is 66.9 Å². The lowest BCUT2D eigenvalue weighted by atomic mass is 9.76. The van der Waals surface area contributed by atoms with Gasteiger partial charge in [-0.1, -0.05) is 59.1 Å². The summed E-state index contributed by atoms with van der Waals surface area (Å²) in [6.07, 6.45) is 8.97. The Morgan fingerprint density at radius 3 is 2.57 bits per heavy atom. The van der Waals surface area contributed by atoms with Crippen molar-refractivity contribution in [2.45, 2.75) is 24.7 Å². The van der Waals surface area contributed by atoms with E-state index in [0.717, 1.165) is 55.2 Å². The maximum atomic E-state index is 13.5. The lowest BCUT2D eigenvalue weighted by molar-refractivity contribution is 0.0984. The SMILES string of the molecule is O=C(c1ccnc(Cl)c1)N1CC2(CCCN(CC=Cc3ccc(Cl)cc3)CC2)c2cc(Cl)ccc21.